The van der Waals surface area contributed by atoms with Crippen molar-refractivity contribution >= 4 is 11.4 Å². The van der Waals surface area contributed by atoms with E-state index in [9.17, 15) is 4.39 Å². The molecule has 0 spiro atoms. The largest absolute Gasteiger partial charge is 0.488 e. The molecule has 0 atom stereocenters. The minimum atomic E-state index is -0.472. The number of aromatic nitrogens is 3. The predicted molar refractivity (Wildman–Crippen MR) is 74.9 cm³/mol. The molecule has 0 fully saturated rings. The van der Waals surface area contributed by atoms with Crippen LogP contribution in [-0.2, 0) is 13.6 Å². The number of aryl methyl sites for hydroxylation is 1. The van der Waals surface area contributed by atoms with Crippen LogP contribution in [0.5, 0.6) is 5.75 Å². The molecular formula is C13H18FN5O. The molecule has 1 heterocycles. The summed E-state index contributed by atoms with van der Waals surface area (Å²) in [5.41, 5.74) is 6.72. The molecule has 0 saturated heterocycles. The Morgan fingerprint density at radius 3 is 2.80 bits per heavy atom. The van der Waals surface area contributed by atoms with E-state index in [1.54, 1.807) is 17.0 Å². The summed E-state index contributed by atoms with van der Waals surface area (Å²) in [6, 6.07) is 2.80. The highest BCUT2D eigenvalue weighted by Gasteiger charge is 2.11. The van der Waals surface area contributed by atoms with E-state index >= 15 is 0 Å². The van der Waals surface area contributed by atoms with Gasteiger partial charge in [-0.15, -0.1) is 10.2 Å². The van der Waals surface area contributed by atoms with Gasteiger partial charge in [-0.3, -0.25) is 0 Å². The van der Waals surface area contributed by atoms with Crippen LogP contribution in [0.1, 0.15) is 19.7 Å². The average molecular weight is 279 g/mol. The van der Waals surface area contributed by atoms with Gasteiger partial charge in [-0.2, -0.15) is 0 Å². The Kier molecular flexibility index (Phi) is 4.07. The molecule has 108 valence electrons. The number of rotatable bonds is 5. The Labute approximate surface area is 116 Å². The van der Waals surface area contributed by atoms with Crippen molar-refractivity contribution in [3.8, 4) is 5.75 Å². The summed E-state index contributed by atoms with van der Waals surface area (Å²) in [5, 5.41) is 10.8. The van der Waals surface area contributed by atoms with E-state index in [-0.39, 0.29) is 11.9 Å². The highest BCUT2D eigenvalue weighted by atomic mass is 19.1. The molecule has 0 aliphatic rings. The van der Waals surface area contributed by atoms with Crippen LogP contribution in [0.15, 0.2) is 18.5 Å². The minimum absolute atomic E-state index is 0.111. The van der Waals surface area contributed by atoms with Gasteiger partial charge in [0.25, 0.3) is 0 Å². The summed E-state index contributed by atoms with van der Waals surface area (Å²) in [4.78, 5) is 0. The van der Waals surface area contributed by atoms with Gasteiger partial charge in [0.2, 0.25) is 0 Å². The highest BCUT2D eigenvalue weighted by molar-refractivity contribution is 5.68. The Morgan fingerprint density at radius 2 is 2.20 bits per heavy atom. The maximum Gasteiger partial charge on any atom is 0.167 e. The summed E-state index contributed by atoms with van der Waals surface area (Å²) >= 11 is 0. The lowest BCUT2D eigenvalue weighted by atomic mass is 10.2. The molecule has 0 radical (unpaired) electrons. The van der Waals surface area contributed by atoms with E-state index in [1.165, 1.54) is 6.07 Å². The molecule has 2 aromatic rings. The highest BCUT2D eigenvalue weighted by Crippen LogP contribution is 2.29. The van der Waals surface area contributed by atoms with E-state index < -0.39 is 5.82 Å². The summed E-state index contributed by atoms with van der Waals surface area (Å²) in [6.45, 7) is 4.11. The number of benzene rings is 1. The maximum absolute atomic E-state index is 13.7. The van der Waals surface area contributed by atoms with Gasteiger partial charge in [-0.05, 0) is 13.8 Å². The van der Waals surface area contributed by atoms with Crippen LogP contribution < -0.4 is 15.8 Å². The third-order valence-corrected chi connectivity index (χ3v) is 2.71. The number of nitrogens with zero attached hydrogens (tertiary/aromatic N) is 3. The number of hydrogen-bond donors (Lipinski definition) is 2. The van der Waals surface area contributed by atoms with Crippen LogP contribution in [0.2, 0.25) is 0 Å². The van der Waals surface area contributed by atoms with Gasteiger partial charge in [-0.25, -0.2) is 4.39 Å². The molecule has 1 aromatic heterocycles. The molecule has 0 aliphatic heterocycles. The minimum Gasteiger partial charge on any atom is -0.488 e. The van der Waals surface area contributed by atoms with E-state index in [1.807, 2.05) is 20.9 Å². The first-order valence-corrected chi connectivity index (χ1v) is 6.29. The zero-order valence-electron chi connectivity index (χ0n) is 11.7. The fraction of sp³-hybridized carbons (Fsp3) is 0.385. The van der Waals surface area contributed by atoms with Crippen molar-refractivity contribution in [2.24, 2.45) is 7.05 Å². The van der Waals surface area contributed by atoms with Crippen molar-refractivity contribution in [2.45, 2.75) is 26.5 Å². The molecule has 7 heteroatoms. The Balaban J connectivity index is 2.16. The average Bonchev–Trinajstić information content (AvgIpc) is 2.76. The van der Waals surface area contributed by atoms with Crippen LogP contribution >= 0.6 is 0 Å². The van der Waals surface area contributed by atoms with E-state index in [0.717, 1.165) is 5.82 Å². The molecule has 3 N–H and O–H groups in total. The van der Waals surface area contributed by atoms with Crippen molar-refractivity contribution in [3.63, 3.8) is 0 Å². The molecule has 0 saturated carbocycles. The summed E-state index contributed by atoms with van der Waals surface area (Å²) in [6.07, 6.45) is 1.50. The standard InChI is InChI=1S/C13H18FN5O/c1-8(2)20-12-5-11(10(15)4-9(12)14)16-6-13-18-17-7-19(13)3/h4-5,7-8,16H,6,15H2,1-3H3. The van der Waals surface area contributed by atoms with E-state index in [2.05, 4.69) is 15.5 Å². The first-order valence-electron chi connectivity index (χ1n) is 6.29. The van der Waals surface area contributed by atoms with Gasteiger partial charge in [0.05, 0.1) is 24.0 Å². The SMILES string of the molecule is CC(C)Oc1cc(NCc2nncn2C)c(N)cc1F. The topological polar surface area (TPSA) is 78.0 Å². The van der Waals surface area contributed by atoms with Crippen LogP contribution in [0.3, 0.4) is 0 Å². The molecule has 2 rings (SSSR count). The lowest BCUT2D eigenvalue weighted by Crippen LogP contribution is -2.10. The fourth-order valence-corrected chi connectivity index (χ4v) is 1.71. The second-order valence-electron chi connectivity index (χ2n) is 4.75. The molecule has 0 unspecified atom stereocenters. The monoisotopic (exact) mass is 279 g/mol. The number of nitrogens with two attached hydrogens (primary N) is 1. The van der Waals surface area contributed by atoms with Gasteiger partial charge < -0.3 is 20.4 Å². The molecule has 1 aromatic carbocycles. The first-order chi connectivity index (χ1) is 9.47. The third kappa shape index (κ3) is 3.17. The van der Waals surface area contributed by atoms with Gasteiger partial charge in [-0.1, -0.05) is 0 Å². The third-order valence-electron chi connectivity index (χ3n) is 2.71. The molecule has 0 amide bonds. The van der Waals surface area contributed by atoms with Crippen LogP contribution in [0.4, 0.5) is 15.8 Å². The van der Waals surface area contributed by atoms with Crippen LogP contribution in [0, 0.1) is 5.82 Å². The molecule has 0 aliphatic carbocycles. The van der Waals surface area contributed by atoms with Gasteiger partial charge in [0.15, 0.2) is 17.4 Å². The predicted octanol–water partition coefficient (Wildman–Crippen LogP) is 1.94. The number of hydrogen-bond acceptors (Lipinski definition) is 5. The summed E-state index contributed by atoms with van der Waals surface area (Å²) in [5.74, 6) is 0.454. The number of anilines is 2. The summed E-state index contributed by atoms with van der Waals surface area (Å²) < 4.78 is 20.9. The van der Waals surface area contributed by atoms with Crippen molar-refractivity contribution in [1.29, 1.82) is 0 Å². The first kappa shape index (κ1) is 14.1. The number of ether oxygens (including phenoxy) is 1. The zero-order chi connectivity index (χ0) is 14.7. The smallest absolute Gasteiger partial charge is 0.167 e. The maximum atomic E-state index is 13.7. The van der Waals surface area contributed by atoms with Crippen LogP contribution in [-0.4, -0.2) is 20.9 Å². The second kappa shape index (κ2) is 5.77. The van der Waals surface area contributed by atoms with Gasteiger partial charge >= 0.3 is 0 Å². The summed E-state index contributed by atoms with van der Waals surface area (Å²) in [7, 11) is 1.85. The Hall–Kier alpha value is -2.31. The van der Waals surface area contributed by atoms with E-state index in [4.69, 9.17) is 10.5 Å². The fourth-order valence-electron chi connectivity index (χ4n) is 1.71. The van der Waals surface area contributed by atoms with Crippen molar-refractivity contribution in [2.75, 3.05) is 11.1 Å². The van der Waals surface area contributed by atoms with Crippen molar-refractivity contribution in [3.05, 3.63) is 30.1 Å². The number of nitrogens with one attached hydrogen (secondary N) is 1. The molecule has 6 nitrogen and oxygen atoms in total. The zero-order valence-corrected chi connectivity index (χ0v) is 11.7. The van der Waals surface area contributed by atoms with E-state index in [0.29, 0.717) is 17.9 Å². The van der Waals surface area contributed by atoms with Gasteiger partial charge in [0.1, 0.15) is 6.33 Å². The molecule has 0 bridgehead atoms. The van der Waals surface area contributed by atoms with Crippen LogP contribution in [0.25, 0.3) is 0 Å². The quantitative estimate of drug-likeness (QED) is 0.818. The van der Waals surface area contributed by atoms with Gasteiger partial charge in [0, 0.05) is 19.2 Å². The molecule has 20 heavy (non-hydrogen) atoms. The Bertz CT molecular complexity index is 596. The van der Waals surface area contributed by atoms with Crippen molar-refractivity contribution < 1.29 is 9.13 Å². The lowest BCUT2D eigenvalue weighted by Gasteiger charge is -2.14. The lowest BCUT2D eigenvalue weighted by molar-refractivity contribution is 0.231. The molecular weight excluding hydrogens is 261 g/mol. The number of nitrogen functional groups attached to an aromatic ring is 1. The van der Waals surface area contributed by atoms with Crippen molar-refractivity contribution in [1.82, 2.24) is 14.8 Å². The normalized spacial score (nSPS) is 10.8. The Morgan fingerprint density at radius 1 is 1.45 bits per heavy atom. The second-order valence-corrected chi connectivity index (χ2v) is 4.75. The number of halogens is 1.